The van der Waals surface area contributed by atoms with E-state index in [1.807, 2.05) is 53.7 Å². The molecule has 27 heavy (non-hydrogen) atoms. The number of fused-ring (bicyclic) bond motifs is 1. The van der Waals surface area contributed by atoms with E-state index in [0.717, 1.165) is 35.4 Å². The molecule has 3 aromatic rings. The third kappa shape index (κ3) is 3.60. The highest BCUT2D eigenvalue weighted by atomic mass is 16.2. The number of anilines is 2. The van der Waals surface area contributed by atoms with Crippen LogP contribution in [0.2, 0.25) is 0 Å². The van der Waals surface area contributed by atoms with Gasteiger partial charge in [-0.2, -0.15) is 0 Å². The maximum Gasteiger partial charge on any atom is 0.270 e. The van der Waals surface area contributed by atoms with Crippen molar-refractivity contribution in [3.63, 3.8) is 0 Å². The molecule has 0 saturated carbocycles. The quantitative estimate of drug-likeness (QED) is 0.746. The third-order valence-electron chi connectivity index (χ3n) is 4.91. The van der Waals surface area contributed by atoms with Crippen molar-refractivity contribution in [2.45, 2.75) is 19.9 Å². The van der Waals surface area contributed by atoms with Gasteiger partial charge < -0.3 is 20.1 Å². The lowest BCUT2D eigenvalue weighted by molar-refractivity contribution is 0.0742. The number of aromatic nitrogens is 2. The van der Waals surface area contributed by atoms with Crippen LogP contribution in [0.15, 0.2) is 48.8 Å². The fraction of sp³-hybridized carbons (Fsp3) is 0.333. The van der Waals surface area contributed by atoms with Crippen molar-refractivity contribution in [2.75, 3.05) is 36.4 Å². The smallest absolute Gasteiger partial charge is 0.270 e. The number of para-hydroxylation sites is 1. The Kier molecular flexibility index (Phi) is 4.71. The molecule has 2 N–H and O–H groups in total. The topological polar surface area (TPSA) is 64.3 Å². The summed E-state index contributed by atoms with van der Waals surface area (Å²) in [7, 11) is 0. The lowest BCUT2D eigenvalue weighted by atomic mass is 10.2. The van der Waals surface area contributed by atoms with E-state index >= 15 is 0 Å². The molecule has 1 aromatic carbocycles. The van der Waals surface area contributed by atoms with Gasteiger partial charge in [-0.1, -0.05) is 18.2 Å². The Balaban J connectivity index is 1.45. The van der Waals surface area contributed by atoms with Crippen LogP contribution in [0.1, 0.15) is 24.3 Å². The second-order valence-corrected chi connectivity index (χ2v) is 7.24. The molecule has 4 rings (SSSR count). The highest BCUT2D eigenvalue weighted by Crippen LogP contribution is 2.26. The van der Waals surface area contributed by atoms with Crippen LogP contribution in [-0.4, -0.2) is 53.0 Å². The van der Waals surface area contributed by atoms with Gasteiger partial charge in [0.1, 0.15) is 5.69 Å². The zero-order valence-corrected chi connectivity index (χ0v) is 15.8. The molecule has 6 heteroatoms. The Morgan fingerprint density at radius 2 is 1.93 bits per heavy atom. The summed E-state index contributed by atoms with van der Waals surface area (Å²) in [6, 6.07) is 12.3. The predicted molar refractivity (Wildman–Crippen MR) is 109 cm³/mol. The van der Waals surface area contributed by atoms with Gasteiger partial charge in [0, 0.05) is 49.3 Å². The number of benzene rings is 1. The van der Waals surface area contributed by atoms with Crippen molar-refractivity contribution < 1.29 is 4.79 Å². The zero-order chi connectivity index (χ0) is 18.8. The van der Waals surface area contributed by atoms with Crippen LogP contribution in [0.25, 0.3) is 10.9 Å². The summed E-state index contributed by atoms with van der Waals surface area (Å²) in [5.74, 6) is 0.0672. The number of carbonyl (C=O) groups excluding carboxylic acids is 1. The van der Waals surface area contributed by atoms with Crippen molar-refractivity contribution in [2.24, 2.45) is 0 Å². The molecule has 1 saturated heterocycles. The van der Waals surface area contributed by atoms with E-state index in [2.05, 4.69) is 34.0 Å². The molecule has 0 bridgehead atoms. The minimum atomic E-state index is 0.0672. The number of hydrogen-bond donors (Lipinski definition) is 2. The number of carbonyl (C=O) groups is 1. The largest absolute Gasteiger partial charge is 0.381 e. The minimum Gasteiger partial charge on any atom is -0.381 e. The maximum atomic E-state index is 12.9. The minimum absolute atomic E-state index is 0.0672. The van der Waals surface area contributed by atoms with Gasteiger partial charge >= 0.3 is 0 Å². The van der Waals surface area contributed by atoms with Crippen LogP contribution in [0, 0.1) is 0 Å². The monoisotopic (exact) mass is 363 g/mol. The maximum absolute atomic E-state index is 12.9. The Labute approximate surface area is 159 Å². The molecule has 0 aliphatic carbocycles. The van der Waals surface area contributed by atoms with Gasteiger partial charge in [0.2, 0.25) is 0 Å². The number of amides is 1. The first kappa shape index (κ1) is 17.4. The van der Waals surface area contributed by atoms with Crippen LogP contribution in [-0.2, 0) is 0 Å². The molecule has 0 atom stereocenters. The van der Waals surface area contributed by atoms with Crippen molar-refractivity contribution in [1.29, 1.82) is 0 Å². The lowest BCUT2D eigenvalue weighted by Gasteiger charge is -2.36. The average Bonchev–Trinajstić information content (AvgIpc) is 3.12. The molecule has 3 heterocycles. The van der Waals surface area contributed by atoms with E-state index in [0.29, 0.717) is 24.8 Å². The summed E-state index contributed by atoms with van der Waals surface area (Å²) in [6.45, 7) is 7.24. The van der Waals surface area contributed by atoms with Gasteiger partial charge in [0.05, 0.1) is 17.6 Å². The molecule has 0 unspecified atom stereocenters. The van der Waals surface area contributed by atoms with Gasteiger partial charge in [0.15, 0.2) is 0 Å². The van der Waals surface area contributed by atoms with Gasteiger partial charge in [-0.05, 0) is 32.0 Å². The van der Waals surface area contributed by atoms with Crippen molar-refractivity contribution in [3.8, 4) is 0 Å². The number of pyridine rings is 1. The molecule has 6 nitrogen and oxygen atoms in total. The standard InChI is InChI=1S/C21H25N5O/c1-15(2)23-18-7-8-22-14-20(18)25-9-11-26(12-10-25)21(27)19-13-16-5-3-4-6-17(16)24-19/h3-8,13-15,24H,9-12H2,1-2H3,(H,22,23). The van der Waals surface area contributed by atoms with E-state index in [1.165, 1.54) is 0 Å². The normalized spacial score (nSPS) is 14.8. The molecular formula is C21H25N5O. The number of piperazine rings is 1. The van der Waals surface area contributed by atoms with Crippen LogP contribution >= 0.6 is 0 Å². The van der Waals surface area contributed by atoms with Gasteiger partial charge in [-0.25, -0.2) is 0 Å². The summed E-state index contributed by atoms with van der Waals surface area (Å²) in [5.41, 5.74) is 3.85. The van der Waals surface area contributed by atoms with Crippen LogP contribution in [0.3, 0.4) is 0 Å². The molecule has 0 radical (unpaired) electrons. The summed E-state index contributed by atoms with van der Waals surface area (Å²) < 4.78 is 0. The number of aromatic amines is 1. The van der Waals surface area contributed by atoms with Gasteiger partial charge in [0.25, 0.3) is 5.91 Å². The Morgan fingerprint density at radius 3 is 2.67 bits per heavy atom. The predicted octanol–water partition coefficient (Wildman–Crippen LogP) is 3.35. The molecular weight excluding hydrogens is 338 g/mol. The van der Waals surface area contributed by atoms with E-state index < -0.39 is 0 Å². The van der Waals surface area contributed by atoms with Gasteiger partial charge in [-0.3, -0.25) is 9.78 Å². The fourth-order valence-electron chi connectivity index (χ4n) is 3.58. The zero-order valence-electron chi connectivity index (χ0n) is 15.8. The highest BCUT2D eigenvalue weighted by molar-refractivity contribution is 5.98. The molecule has 1 fully saturated rings. The SMILES string of the molecule is CC(C)Nc1ccncc1N1CCN(C(=O)c2cc3ccccc3[nH]2)CC1. The number of H-pyrrole nitrogens is 1. The highest BCUT2D eigenvalue weighted by Gasteiger charge is 2.24. The molecule has 0 spiro atoms. The first-order valence-corrected chi connectivity index (χ1v) is 9.44. The van der Waals surface area contributed by atoms with Crippen molar-refractivity contribution in [3.05, 3.63) is 54.5 Å². The van der Waals surface area contributed by atoms with Crippen LogP contribution in [0.4, 0.5) is 11.4 Å². The molecule has 1 aliphatic rings. The molecule has 1 amide bonds. The van der Waals surface area contributed by atoms with Crippen LogP contribution in [0.5, 0.6) is 0 Å². The second kappa shape index (κ2) is 7.31. The van der Waals surface area contributed by atoms with E-state index in [4.69, 9.17) is 0 Å². The summed E-state index contributed by atoms with van der Waals surface area (Å²) in [5, 5.41) is 4.55. The molecule has 1 aliphatic heterocycles. The molecule has 2 aromatic heterocycles. The first-order valence-electron chi connectivity index (χ1n) is 9.44. The fourth-order valence-corrected chi connectivity index (χ4v) is 3.58. The first-order chi connectivity index (χ1) is 13.1. The summed E-state index contributed by atoms with van der Waals surface area (Å²) in [4.78, 5) is 24.6. The number of nitrogens with zero attached hydrogens (tertiary/aromatic N) is 3. The average molecular weight is 363 g/mol. The Morgan fingerprint density at radius 1 is 1.15 bits per heavy atom. The Hall–Kier alpha value is -3.02. The summed E-state index contributed by atoms with van der Waals surface area (Å²) >= 11 is 0. The van der Waals surface area contributed by atoms with Crippen LogP contribution < -0.4 is 10.2 Å². The summed E-state index contributed by atoms with van der Waals surface area (Å²) in [6.07, 6.45) is 3.71. The van der Waals surface area contributed by atoms with E-state index in [1.54, 1.807) is 0 Å². The van der Waals surface area contributed by atoms with Crippen molar-refractivity contribution >= 4 is 28.2 Å². The third-order valence-corrected chi connectivity index (χ3v) is 4.91. The van der Waals surface area contributed by atoms with E-state index in [-0.39, 0.29) is 5.91 Å². The molecule has 140 valence electrons. The lowest BCUT2D eigenvalue weighted by Crippen LogP contribution is -2.49. The van der Waals surface area contributed by atoms with Crippen molar-refractivity contribution in [1.82, 2.24) is 14.9 Å². The Bertz CT molecular complexity index is 907. The van der Waals surface area contributed by atoms with Gasteiger partial charge in [-0.15, -0.1) is 0 Å². The number of nitrogens with one attached hydrogen (secondary N) is 2. The second-order valence-electron chi connectivity index (χ2n) is 7.24. The number of hydrogen-bond acceptors (Lipinski definition) is 4. The number of rotatable bonds is 4. The van der Waals surface area contributed by atoms with E-state index in [9.17, 15) is 4.79 Å².